The largest absolute Gasteiger partial charge is 0.406 e. The van der Waals surface area contributed by atoms with E-state index in [-0.39, 0.29) is 28.5 Å². The summed E-state index contributed by atoms with van der Waals surface area (Å²) in [5.74, 6) is -0.274. The maximum Gasteiger partial charge on any atom is 0.406 e. The molecule has 0 atom stereocenters. The van der Waals surface area contributed by atoms with Crippen molar-refractivity contribution >= 4 is 45.1 Å². The van der Waals surface area contributed by atoms with Gasteiger partial charge in [-0.3, -0.25) is 9.78 Å². The van der Waals surface area contributed by atoms with E-state index in [4.69, 9.17) is 11.6 Å². The van der Waals surface area contributed by atoms with E-state index >= 15 is 0 Å². The lowest BCUT2D eigenvalue weighted by atomic mass is 10.2. The molecule has 3 heterocycles. The Morgan fingerprint density at radius 2 is 2.03 bits per heavy atom. The number of benzene rings is 1. The highest BCUT2D eigenvalue weighted by atomic mass is 35.5. The van der Waals surface area contributed by atoms with Crippen LogP contribution in [0, 0.1) is 0 Å². The molecule has 1 N–H and O–H groups in total. The topological polar surface area (TPSA) is 72.7 Å². The summed E-state index contributed by atoms with van der Waals surface area (Å²) >= 11 is 6.06. The minimum absolute atomic E-state index is 0.0717. The maximum atomic E-state index is 13.1. The zero-order chi connectivity index (χ0) is 20.6. The Morgan fingerprint density at radius 3 is 2.76 bits per heavy atom. The van der Waals surface area contributed by atoms with Crippen molar-refractivity contribution in [2.75, 3.05) is 5.32 Å². The Kier molecular flexibility index (Phi) is 4.83. The molecule has 0 spiro atoms. The normalized spacial score (nSPS) is 11.9. The molecule has 1 amide bonds. The Labute approximate surface area is 167 Å². The Balaban J connectivity index is 1.73. The van der Waals surface area contributed by atoms with Gasteiger partial charge in [-0.05, 0) is 29.8 Å². The molecule has 4 aromatic rings. The highest BCUT2D eigenvalue weighted by Gasteiger charge is 2.30. The first-order valence-electron chi connectivity index (χ1n) is 8.50. The van der Waals surface area contributed by atoms with Crippen LogP contribution in [0.15, 0.2) is 49.1 Å². The summed E-state index contributed by atoms with van der Waals surface area (Å²) in [5, 5.41) is 3.11. The zero-order valence-electron chi connectivity index (χ0n) is 14.7. The number of carbonyl (C=O) groups excluding carboxylic acids is 1. The first-order valence-corrected chi connectivity index (χ1v) is 8.87. The van der Waals surface area contributed by atoms with Crippen LogP contribution in [0.25, 0.3) is 21.9 Å². The van der Waals surface area contributed by atoms with E-state index in [1.807, 2.05) is 0 Å². The molecule has 29 heavy (non-hydrogen) atoms. The number of nitrogens with zero attached hydrogens (tertiary/aromatic N) is 4. The van der Waals surface area contributed by atoms with E-state index in [9.17, 15) is 18.0 Å². The number of anilines is 1. The van der Waals surface area contributed by atoms with Gasteiger partial charge in [0, 0.05) is 23.5 Å². The Morgan fingerprint density at radius 1 is 1.21 bits per heavy atom. The lowest BCUT2D eigenvalue weighted by Gasteiger charge is -2.11. The molecule has 1 aromatic carbocycles. The standard InChI is InChI=1S/C19H13ClF3N5O/c20-18-17-16(25-10-26-18)13-7-12(3-4-14(13)28(17)9-19(21,22)23)27-15(29)6-11-2-1-5-24-8-11/h1-5,7-8,10H,6,9H2,(H,27,29). The second kappa shape index (κ2) is 7.32. The number of hydrogen-bond donors (Lipinski definition) is 1. The number of nitrogens with one attached hydrogen (secondary N) is 1. The third-order valence-electron chi connectivity index (χ3n) is 4.30. The molecule has 0 saturated carbocycles. The molecule has 3 aromatic heterocycles. The van der Waals surface area contributed by atoms with Crippen LogP contribution >= 0.6 is 11.6 Å². The molecule has 0 saturated heterocycles. The highest BCUT2D eigenvalue weighted by molar-refractivity contribution is 6.34. The van der Waals surface area contributed by atoms with Crippen molar-refractivity contribution in [1.82, 2.24) is 19.5 Å². The predicted molar refractivity (Wildman–Crippen MR) is 103 cm³/mol. The number of amides is 1. The van der Waals surface area contributed by atoms with E-state index in [2.05, 4.69) is 20.3 Å². The van der Waals surface area contributed by atoms with Crippen LogP contribution in [0.1, 0.15) is 5.56 Å². The van der Waals surface area contributed by atoms with Gasteiger partial charge >= 0.3 is 6.18 Å². The van der Waals surface area contributed by atoms with Crippen molar-refractivity contribution < 1.29 is 18.0 Å². The molecule has 10 heteroatoms. The number of rotatable bonds is 4. The number of halogens is 4. The van der Waals surface area contributed by atoms with E-state index in [0.29, 0.717) is 16.6 Å². The van der Waals surface area contributed by atoms with Gasteiger partial charge in [-0.2, -0.15) is 13.2 Å². The third-order valence-corrected chi connectivity index (χ3v) is 4.58. The molecule has 0 aliphatic carbocycles. The van der Waals surface area contributed by atoms with Gasteiger partial charge in [-0.15, -0.1) is 0 Å². The second-order valence-electron chi connectivity index (χ2n) is 6.38. The third kappa shape index (κ3) is 4.00. The summed E-state index contributed by atoms with van der Waals surface area (Å²) in [4.78, 5) is 24.2. The molecule has 4 rings (SSSR count). The maximum absolute atomic E-state index is 13.1. The number of alkyl halides is 3. The average Bonchev–Trinajstić information content (AvgIpc) is 2.95. The van der Waals surface area contributed by atoms with E-state index in [0.717, 1.165) is 10.1 Å². The summed E-state index contributed by atoms with van der Waals surface area (Å²) in [6.07, 6.45) is 0.0611. The van der Waals surface area contributed by atoms with Crippen molar-refractivity contribution in [3.63, 3.8) is 0 Å². The van der Waals surface area contributed by atoms with Crippen LogP contribution in [-0.4, -0.2) is 31.6 Å². The lowest BCUT2D eigenvalue weighted by Crippen LogP contribution is -2.17. The fraction of sp³-hybridized carbons (Fsp3) is 0.158. The van der Waals surface area contributed by atoms with E-state index in [1.54, 1.807) is 30.6 Å². The monoisotopic (exact) mass is 419 g/mol. The quantitative estimate of drug-likeness (QED) is 0.498. The average molecular weight is 420 g/mol. The van der Waals surface area contributed by atoms with Gasteiger partial charge in [0.2, 0.25) is 5.91 Å². The fourth-order valence-electron chi connectivity index (χ4n) is 3.19. The molecular weight excluding hydrogens is 407 g/mol. The van der Waals surface area contributed by atoms with Crippen LogP contribution in [0.5, 0.6) is 0 Å². The van der Waals surface area contributed by atoms with Gasteiger partial charge in [0.1, 0.15) is 23.9 Å². The van der Waals surface area contributed by atoms with Crippen molar-refractivity contribution in [3.05, 3.63) is 59.8 Å². The van der Waals surface area contributed by atoms with Crippen molar-refractivity contribution in [2.45, 2.75) is 19.1 Å². The molecule has 0 fully saturated rings. The summed E-state index contributed by atoms with van der Waals surface area (Å²) in [7, 11) is 0. The number of pyridine rings is 1. The van der Waals surface area contributed by atoms with Gasteiger partial charge < -0.3 is 9.88 Å². The molecule has 0 aliphatic heterocycles. The number of aromatic nitrogens is 4. The van der Waals surface area contributed by atoms with Crippen LogP contribution < -0.4 is 5.32 Å². The SMILES string of the molecule is O=C(Cc1cccnc1)Nc1ccc2c(c1)c1ncnc(Cl)c1n2CC(F)(F)F. The fourth-order valence-corrected chi connectivity index (χ4v) is 3.42. The van der Waals surface area contributed by atoms with E-state index < -0.39 is 12.7 Å². The van der Waals surface area contributed by atoms with Gasteiger partial charge in [0.15, 0.2) is 5.15 Å². The Bertz CT molecular complexity index is 1210. The molecule has 6 nitrogen and oxygen atoms in total. The minimum atomic E-state index is -4.45. The summed E-state index contributed by atoms with van der Waals surface area (Å²) in [6, 6.07) is 8.12. The second-order valence-corrected chi connectivity index (χ2v) is 6.74. The molecule has 0 bridgehead atoms. The van der Waals surface area contributed by atoms with Crippen LogP contribution in [0.3, 0.4) is 0 Å². The van der Waals surface area contributed by atoms with Crippen LogP contribution in [-0.2, 0) is 17.8 Å². The summed E-state index contributed by atoms with van der Waals surface area (Å²) in [5.41, 5.74) is 1.86. The number of fused-ring (bicyclic) bond motifs is 3. The lowest BCUT2D eigenvalue weighted by molar-refractivity contribution is -0.139. The molecule has 148 valence electrons. The van der Waals surface area contributed by atoms with Crippen molar-refractivity contribution in [1.29, 1.82) is 0 Å². The van der Waals surface area contributed by atoms with E-state index in [1.165, 1.54) is 18.5 Å². The zero-order valence-corrected chi connectivity index (χ0v) is 15.5. The van der Waals surface area contributed by atoms with Crippen LogP contribution in [0.4, 0.5) is 18.9 Å². The van der Waals surface area contributed by atoms with Crippen LogP contribution in [0.2, 0.25) is 5.15 Å². The summed E-state index contributed by atoms with van der Waals surface area (Å²) in [6.45, 7) is -1.23. The van der Waals surface area contributed by atoms with Gasteiger partial charge in [-0.1, -0.05) is 17.7 Å². The van der Waals surface area contributed by atoms with Gasteiger partial charge in [-0.25, -0.2) is 9.97 Å². The van der Waals surface area contributed by atoms with Crippen molar-refractivity contribution in [3.8, 4) is 0 Å². The van der Waals surface area contributed by atoms with Gasteiger partial charge in [0.05, 0.1) is 11.9 Å². The molecular formula is C19H13ClF3N5O. The predicted octanol–water partition coefficient (Wildman–Crippen LogP) is 4.38. The molecule has 0 aliphatic rings. The first kappa shape index (κ1) is 19.1. The first-order chi connectivity index (χ1) is 13.8. The summed E-state index contributed by atoms with van der Waals surface area (Å²) < 4.78 is 40.3. The molecule has 0 unspecified atom stereocenters. The highest BCUT2D eigenvalue weighted by Crippen LogP contribution is 2.34. The van der Waals surface area contributed by atoms with Gasteiger partial charge in [0.25, 0.3) is 0 Å². The minimum Gasteiger partial charge on any atom is -0.327 e. The number of carbonyl (C=O) groups is 1. The Hall–Kier alpha value is -3.20. The molecule has 0 radical (unpaired) electrons. The number of hydrogen-bond acceptors (Lipinski definition) is 4. The smallest absolute Gasteiger partial charge is 0.327 e. The van der Waals surface area contributed by atoms with Crippen molar-refractivity contribution in [2.24, 2.45) is 0 Å².